The molecule has 0 spiro atoms. The topological polar surface area (TPSA) is 79.1 Å². The Morgan fingerprint density at radius 1 is 1.45 bits per heavy atom. The summed E-state index contributed by atoms with van der Waals surface area (Å²) in [5.74, 6) is 0.944. The van der Waals surface area contributed by atoms with Crippen molar-refractivity contribution >= 4 is 28.7 Å². The van der Waals surface area contributed by atoms with Gasteiger partial charge in [0.2, 0.25) is 5.88 Å². The molecule has 2 rings (SSSR count). The first kappa shape index (κ1) is 14.5. The molecule has 0 aliphatic heterocycles. The van der Waals surface area contributed by atoms with Crippen LogP contribution in [0.25, 0.3) is 11.2 Å². The molecule has 0 saturated heterocycles. The van der Waals surface area contributed by atoms with Crippen LogP contribution in [0.2, 0.25) is 0 Å². The minimum absolute atomic E-state index is 0.211. The number of esters is 1. The van der Waals surface area contributed by atoms with Gasteiger partial charge in [-0.1, -0.05) is 0 Å². The Labute approximate surface area is 120 Å². The molecule has 0 atom stereocenters. The molecule has 108 valence electrons. The van der Waals surface area contributed by atoms with Gasteiger partial charge < -0.3 is 14.0 Å². The maximum Gasteiger partial charge on any atom is 0.307 e. The van der Waals surface area contributed by atoms with E-state index in [0.29, 0.717) is 36.0 Å². The summed E-state index contributed by atoms with van der Waals surface area (Å²) in [7, 11) is 1.51. The summed E-state index contributed by atoms with van der Waals surface area (Å²) in [6.07, 6.45) is 1.62. The summed E-state index contributed by atoms with van der Waals surface area (Å²) in [5, 5.41) is 0. The molecule has 0 amide bonds. The van der Waals surface area contributed by atoms with Gasteiger partial charge in [-0.05, 0) is 6.92 Å². The van der Waals surface area contributed by atoms with Crippen LogP contribution >= 0.6 is 11.6 Å². The Morgan fingerprint density at radius 2 is 2.25 bits per heavy atom. The maximum absolute atomic E-state index is 11.5. The van der Waals surface area contributed by atoms with Crippen molar-refractivity contribution in [2.24, 2.45) is 0 Å². The van der Waals surface area contributed by atoms with Crippen LogP contribution in [0.5, 0.6) is 5.88 Å². The molecule has 0 aromatic carbocycles. The molecule has 0 fully saturated rings. The number of alkyl halides is 1. The van der Waals surface area contributed by atoms with Crippen molar-refractivity contribution in [3.05, 3.63) is 12.2 Å². The first-order valence-electron chi connectivity index (χ1n) is 6.17. The van der Waals surface area contributed by atoms with Crippen molar-refractivity contribution in [3.8, 4) is 5.88 Å². The van der Waals surface area contributed by atoms with Gasteiger partial charge in [-0.25, -0.2) is 9.97 Å². The second-order valence-corrected chi connectivity index (χ2v) is 4.19. The smallest absolute Gasteiger partial charge is 0.307 e. The minimum atomic E-state index is -0.268. The first-order chi connectivity index (χ1) is 9.71. The van der Waals surface area contributed by atoms with Crippen molar-refractivity contribution in [1.29, 1.82) is 0 Å². The number of carbonyl (C=O) groups excluding carboxylic acids is 1. The summed E-state index contributed by atoms with van der Waals surface area (Å²) in [4.78, 5) is 24.0. The second-order valence-electron chi connectivity index (χ2n) is 3.92. The van der Waals surface area contributed by atoms with Crippen LogP contribution in [-0.4, -0.2) is 39.2 Å². The van der Waals surface area contributed by atoms with Gasteiger partial charge in [0.25, 0.3) is 0 Å². The van der Waals surface area contributed by atoms with Crippen molar-refractivity contribution in [3.63, 3.8) is 0 Å². The van der Waals surface area contributed by atoms with Gasteiger partial charge in [-0.2, -0.15) is 4.98 Å². The zero-order chi connectivity index (χ0) is 14.5. The average molecular weight is 299 g/mol. The standard InChI is InChI=1S/C12H15ClN4O3/c1-3-20-9(18)4-5-17-8(6-13)16-10-11(17)14-7-15-12(10)19-2/h7H,3-6H2,1-2H3. The van der Waals surface area contributed by atoms with Gasteiger partial charge >= 0.3 is 5.97 Å². The predicted molar refractivity (Wildman–Crippen MR) is 72.7 cm³/mol. The van der Waals surface area contributed by atoms with Crippen molar-refractivity contribution in [2.75, 3.05) is 13.7 Å². The summed E-state index contributed by atoms with van der Waals surface area (Å²) >= 11 is 5.89. The SMILES string of the molecule is CCOC(=O)CCn1c(CCl)nc2c(OC)ncnc21. The molecule has 7 nitrogen and oxygen atoms in total. The minimum Gasteiger partial charge on any atom is -0.479 e. The Kier molecular flexibility index (Phi) is 4.73. The molecule has 0 radical (unpaired) electrons. The third-order valence-electron chi connectivity index (χ3n) is 2.74. The highest BCUT2D eigenvalue weighted by molar-refractivity contribution is 6.16. The van der Waals surface area contributed by atoms with Crippen LogP contribution < -0.4 is 4.74 Å². The van der Waals surface area contributed by atoms with Crippen molar-refractivity contribution in [1.82, 2.24) is 19.5 Å². The highest BCUT2D eigenvalue weighted by atomic mass is 35.5. The quantitative estimate of drug-likeness (QED) is 0.594. The molecule has 2 heterocycles. The summed E-state index contributed by atoms with van der Waals surface area (Å²) in [6.45, 7) is 2.53. The van der Waals surface area contributed by atoms with Crippen LogP contribution in [0, 0.1) is 0 Å². The first-order valence-corrected chi connectivity index (χ1v) is 6.70. The molecule has 0 saturated carbocycles. The lowest BCUT2D eigenvalue weighted by Gasteiger charge is -2.06. The molecule has 8 heteroatoms. The number of carbonyl (C=O) groups is 1. The molecular formula is C12H15ClN4O3. The Hall–Kier alpha value is -1.89. The molecule has 0 unspecified atom stereocenters. The number of halogens is 1. The van der Waals surface area contributed by atoms with Crippen molar-refractivity contribution in [2.45, 2.75) is 25.8 Å². The Balaban J connectivity index is 2.33. The van der Waals surface area contributed by atoms with Crippen LogP contribution in [0.3, 0.4) is 0 Å². The fraction of sp³-hybridized carbons (Fsp3) is 0.500. The molecule has 2 aromatic heterocycles. The number of aromatic nitrogens is 4. The van der Waals surface area contributed by atoms with E-state index in [9.17, 15) is 4.79 Å². The molecule has 20 heavy (non-hydrogen) atoms. The maximum atomic E-state index is 11.5. The largest absolute Gasteiger partial charge is 0.479 e. The van der Waals surface area contributed by atoms with Gasteiger partial charge in [-0.3, -0.25) is 4.79 Å². The fourth-order valence-electron chi connectivity index (χ4n) is 1.88. The lowest BCUT2D eigenvalue weighted by Crippen LogP contribution is -2.11. The van der Waals surface area contributed by atoms with Crippen LogP contribution in [-0.2, 0) is 22.0 Å². The van der Waals surface area contributed by atoms with E-state index < -0.39 is 0 Å². The lowest BCUT2D eigenvalue weighted by atomic mass is 10.4. The zero-order valence-electron chi connectivity index (χ0n) is 11.3. The summed E-state index contributed by atoms with van der Waals surface area (Å²) in [5.41, 5.74) is 1.13. The number of aryl methyl sites for hydroxylation is 1. The number of imidazole rings is 1. The Morgan fingerprint density at radius 3 is 2.90 bits per heavy atom. The molecule has 2 aromatic rings. The summed E-state index contributed by atoms with van der Waals surface area (Å²) in [6, 6.07) is 0. The fourth-order valence-corrected chi connectivity index (χ4v) is 2.09. The highest BCUT2D eigenvalue weighted by Gasteiger charge is 2.16. The number of fused-ring (bicyclic) bond motifs is 1. The van der Waals surface area contributed by atoms with Gasteiger partial charge in [0.1, 0.15) is 12.2 Å². The number of nitrogens with zero attached hydrogens (tertiary/aromatic N) is 4. The van der Waals surface area contributed by atoms with Gasteiger partial charge in [0.05, 0.1) is 26.0 Å². The number of hydrogen-bond donors (Lipinski definition) is 0. The number of ether oxygens (including phenoxy) is 2. The number of methoxy groups -OCH3 is 1. The van der Waals surface area contributed by atoms with Gasteiger partial charge in [0, 0.05) is 6.54 Å². The van der Waals surface area contributed by atoms with E-state index in [0.717, 1.165) is 0 Å². The lowest BCUT2D eigenvalue weighted by molar-refractivity contribution is -0.143. The highest BCUT2D eigenvalue weighted by Crippen LogP contribution is 2.22. The molecular weight excluding hydrogens is 284 g/mol. The van der Waals surface area contributed by atoms with E-state index in [1.165, 1.54) is 13.4 Å². The van der Waals surface area contributed by atoms with E-state index in [4.69, 9.17) is 21.1 Å². The molecule has 0 aliphatic carbocycles. The van der Waals surface area contributed by atoms with Crippen LogP contribution in [0.15, 0.2) is 6.33 Å². The molecule has 0 aliphatic rings. The average Bonchev–Trinajstić information content (AvgIpc) is 2.83. The summed E-state index contributed by atoms with van der Waals surface area (Å²) < 4.78 is 11.8. The monoisotopic (exact) mass is 298 g/mol. The third kappa shape index (κ3) is 2.82. The van der Waals surface area contributed by atoms with E-state index in [-0.39, 0.29) is 18.3 Å². The van der Waals surface area contributed by atoms with Gasteiger partial charge in [-0.15, -0.1) is 11.6 Å². The van der Waals surface area contributed by atoms with E-state index in [1.54, 1.807) is 11.5 Å². The van der Waals surface area contributed by atoms with E-state index in [2.05, 4.69) is 15.0 Å². The van der Waals surface area contributed by atoms with Crippen molar-refractivity contribution < 1.29 is 14.3 Å². The Bertz CT molecular complexity index is 614. The normalized spacial score (nSPS) is 10.8. The van der Waals surface area contributed by atoms with Gasteiger partial charge in [0.15, 0.2) is 11.2 Å². The number of rotatable bonds is 6. The van der Waals surface area contributed by atoms with E-state index in [1.807, 2.05) is 0 Å². The number of hydrogen-bond acceptors (Lipinski definition) is 6. The van der Waals surface area contributed by atoms with E-state index >= 15 is 0 Å². The zero-order valence-corrected chi connectivity index (χ0v) is 12.1. The predicted octanol–water partition coefficient (Wildman–Crippen LogP) is 1.53. The molecule has 0 N–H and O–H groups in total. The van der Waals surface area contributed by atoms with Crippen LogP contribution in [0.4, 0.5) is 0 Å². The third-order valence-corrected chi connectivity index (χ3v) is 2.97. The van der Waals surface area contributed by atoms with Crippen LogP contribution in [0.1, 0.15) is 19.2 Å². The molecule has 0 bridgehead atoms. The second kappa shape index (κ2) is 6.51.